The summed E-state index contributed by atoms with van der Waals surface area (Å²) >= 11 is 0. The van der Waals surface area contributed by atoms with E-state index in [1.807, 2.05) is 0 Å². The molecule has 0 unspecified atom stereocenters. The number of carbonyl (C=O) groups is 1. The van der Waals surface area contributed by atoms with E-state index < -0.39 is 0 Å². The maximum absolute atomic E-state index is 12.9. The first-order valence-electron chi connectivity index (χ1n) is 7.26. The second-order valence-corrected chi connectivity index (χ2v) is 5.18. The van der Waals surface area contributed by atoms with Crippen molar-refractivity contribution in [3.05, 3.63) is 65.3 Å². The molecule has 2 aromatic heterocycles. The molecule has 3 aromatic rings. The second kappa shape index (κ2) is 6.48. The second-order valence-electron chi connectivity index (χ2n) is 5.18. The number of furan rings is 1. The highest BCUT2D eigenvalue weighted by atomic mass is 19.1. The van der Waals surface area contributed by atoms with Gasteiger partial charge in [-0.05, 0) is 43.2 Å². The zero-order chi connectivity index (χ0) is 16.2. The maximum atomic E-state index is 12.9. The third kappa shape index (κ3) is 3.31. The van der Waals surface area contributed by atoms with Gasteiger partial charge >= 0.3 is 0 Å². The van der Waals surface area contributed by atoms with Gasteiger partial charge in [0.15, 0.2) is 5.76 Å². The fraction of sp³-hybridized carbons (Fsp3) is 0.176. The van der Waals surface area contributed by atoms with E-state index in [2.05, 4.69) is 15.5 Å². The van der Waals surface area contributed by atoms with Gasteiger partial charge in [0.05, 0.1) is 11.8 Å². The Morgan fingerprint density at radius 3 is 2.78 bits per heavy atom. The number of H-pyrrole nitrogens is 1. The van der Waals surface area contributed by atoms with Crippen LogP contribution in [0.5, 0.6) is 0 Å². The number of rotatable bonds is 5. The molecule has 2 N–H and O–H groups in total. The fourth-order valence-corrected chi connectivity index (χ4v) is 2.36. The minimum atomic E-state index is -0.269. The zero-order valence-electron chi connectivity index (χ0n) is 12.6. The van der Waals surface area contributed by atoms with Crippen molar-refractivity contribution < 1.29 is 13.6 Å². The lowest BCUT2D eigenvalue weighted by Gasteiger charge is -2.06. The van der Waals surface area contributed by atoms with Gasteiger partial charge in [-0.1, -0.05) is 12.1 Å². The fourth-order valence-electron chi connectivity index (χ4n) is 2.36. The van der Waals surface area contributed by atoms with Crippen molar-refractivity contribution in [2.24, 2.45) is 0 Å². The van der Waals surface area contributed by atoms with Gasteiger partial charge in [-0.2, -0.15) is 5.10 Å². The summed E-state index contributed by atoms with van der Waals surface area (Å²) in [6, 6.07) is 9.73. The molecular formula is C17H16FN3O2. The molecule has 1 amide bonds. The highest BCUT2D eigenvalue weighted by Gasteiger charge is 2.20. The largest absolute Gasteiger partial charge is 0.463 e. The molecule has 1 aromatic carbocycles. The summed E-state index contributed by atoms with van der Waals surface area (Å²) in [5, 5.41) is 9.80. The zero-order valence-corrected chi connectivity index (χ0v) is 12.6. The third-order valence-electron chi connectivity index (χ3n) is 3.54. The summed E-state index contributed by atoms with van der Waals surface area (Å²) in [5.74, 6) is 0.0534. The van der Waals surface area contributed by atoms with E-state index in [0.717, 1.165) is 5.56 Å². The van der Waals surface area contributed by atoms with Gasteiger partial charge in [0, 0.05) is 12.2 Å². The molecule has 3 rings (SSSR count). The number of hydrogen-bond donors (Lipinski definition) is 2. The number of nitrogens with zero attached hydrogens (tertiary/aromatic N) is 1. The first-order chi connectivity index (χ1) is 11.1. The quantitative estimate of drug-likeness (QED) is 0.760. The van der Waals surface area contributed by atoms with E-state index in [-0.39, 0.29) is 11.7 Å². The number of aryl methyl sites for hydroxylation is 1. The standard InChI is InChI=1S/C17H16FN3O2/c1-11-15(16(21-20-11)14-3-2-10-23-14)17(22)19-9-8-12-4-6-13(18)7-5-12/h2-7,10H,8-9H2,1H3,(H,19,22)(H,20,21). The smallest absolute Gasteiger partial charge is 0.255 e. The van der Waals surface area contributed by atoms with Crippen LogP contribution in [0.4, 0.5) is 4.39 Å². The van der Waals surface area contributed by atoms with Crippen LogP contribution < -0.4 is 5.32 Å². The topological polar surface area (TPSA) is 70.9 Å². The first kappa shape index (κ1) is 15.0. The summed E-state index contributed by atoms with van der Waals surface area (Å²) < 4.78 is 18.2. The van der Waals surface area contributed by atoms with Crippen LogP contribution in [0.1, 0.15) is 21.6 Å². The Hall–Kier alpha value is -2.89. The Bertz CT molecular complexity index is 792. The lowest BCUT2D eigenvalue weighted by atomic mass is 10.1. The molecule has 0 radical (unpaired) electrons. The Balaban J connectivity index is 1.67. The highest BCUT2D eigenvalue weighted by molar-refractivity contribution is 6.00. The van der Waals surface area contributed by atoms with Crippen LogP contribution in [-0.4, -0.2) is 22.6 Å². The van der Waals surface area contributed by atoms with Gasteiger partial charge in [0.2, 0.25) is 0 Å². The van der Waals surface area contributed by atoms with Gasteiger partial charge in [-0.25, -0.2) is 4.39 Å². The van der Waals surface area contributed by atoms with Crippen molar-refractivity contribution in [3.8, 4) is 11.5 Å². The predicted molar refractivity (Wildman–Crippen MR) is 83.5 cm³/mol. The number of nitrogens with one attached hydrogen (secondary N) is 2. The Morgan fingerprint density at radius 1 is 1.30 bits per heavy atom. The van der Waals surface area contributed by atoms with Crippen LogP contribution in [0.25, 0.3) is 11.5 Å². The van der Waals surface area contributed by atoms with Crippen molar-refractivity contribution in [3.63, 3.8) is 0 Å². The minimum Gasteiger partial charge on any atom is -0.463 e. The number of carbonyl (C=O) groups excluding carboxylic acids is 1. The molecule has 0 saturated carbocycles. The van der Waals surface area contributed by atoms with Crippen molar-refractivity contribution in [1.29, 1.82) is 0 Å². The van der Waals surface area contributed by atoms with E-state index in [4.69, 9.17) is 4.42 Å². The van der Waals surface area contributed by atoms with Crippen LogP contribution in [0, 0.1) is 12.7 Å². The van der Waals surface area contributed by atoms with E-state index >= 15 is 0 Å². The summed E-state index contributed by atoms with van der Waals surface area (Å²) in [7, 11) is 0. The molecule has 2 heterocycles. The SMILES string of the molecule is Cc1[nH]nc(-c2ccco2)c1C(=O)NCCc1ccc(F)cc1. The van der Waals surface area contributed by atoms with E-state index in [1.54, 1.807) is 31.2 Å². The van der Waals surface area contributed by atoms with Crippen LogP contribution in [0.3, 0.4) is 0 Å². The third-order valence-corrected chi connectivity index (χ3v) is 3.54. The van der Waals surface area contributed by atoms with Crippen LogP contribution >= 0.6 is 0 Å². The van der Waals surface area contributed by atoms with Crippen molar-refractivity contribution in [1.82, 2.24) is 15.5 Å². The summed E-state index contributed by atoms with van der Waals surface area (Å²) in [5.41, 5.74) is 2.60. The normalized spacial score (nSPS) is 10.7. The Kier molecular flexibility index (Phi) is 4.23. The highest BCUT2D eigenvalue weighted by Crippen LogP contribution is 2.23. The van der Waals surface area contributed by atoms with E-state index in [0.29, 0.717) is 35.7 Å². The van der Waals surface area contributed by atoms with Gasteiger partial charge in [0.1, 0.15) is 11.5 Å². The monoisotopic (exact) mass is 313 g/mol. The van der Waals surface area contributed by atoms with Gasteiger partial charge in [-0.3, -0.25) is 9.89 Å². The number of halogens is 1. The molecule has 0 aliphatic carbocycles. The lowest BCUT2D eigenvalue weighted by molar-refractivity contribution is 0.0954. The molecule has 6 heteroatoms. The maximum Gasteiger partial charge on any atom is 0.255 e. The van der Waals surface area contributed by atoms with Crippen molar-refractivity contribution in [2.75, 3.05) is 6.54 Å². The molecule has 0 atom stereocenters. The molecule has 0 aliphatic rings. The summed E-state index contributed by atoms with van der Waals surface area (Å²) in [6.45, 7) is 2.24. The van der Waals surface area contributed by atoms with Crippen molar-refractivity contribution in [2.45, 2.75) is 13.3 Å². The lowest BCUT2D eigenvalue weighted by Crippen LogP contribution is -2.26. The van der Waals surface area contributed by atoms with Crippen LogP contribution in [0.2, 0.25) is 0 Å². The average Bonchev–Trinajstić information content (AvgIpc) is 3.18. The van der Waals surface area contributed by atoms with E-state index in [1.165, 1.54) is 18.4 Å². The Morgan fingerprint density at radius 2 is 2.09 bits per heavy atom. The Labute approximate surface area is 132 Å². The van der Waals surface area contributed by atoms with Crippen molar-refractivity contribution >= 4 is 5.91 Å². The van der Waals surface area contributed by atoms with Gasteiger partial charge in [0.25, 0.3) is 5.91 Å². The number of aromatic nitrogens is 2. The number of aromatic amines is 1. The number of hydrogen-bond acceptors (Lipinski definition) is 3. The summed E-state index contributed by atoms with van der Waals surface area (Å²) in [4.78, 5) is 12.4. The molecule has 0 fully saturated rings. The number of benzene rings is 1. The molecule has 0 bridgehead atoms. The van der Waals surface area contributed by atoms with E-state index in [9.17, 15) is 9.18 Å². The van der Waals surface area contributed by atoms with Gasteiger partial charge < -0.3 is 9.73 Å². The molecule has 0 aliphatic heterocycles. The molecule has 23 heavy (non-hydrogen) atoms. The number of amides is 1. The molecule has 5 nitrogen and oxygen atoms in total. The summed E-state index contributed by atoms with van der Waals surface area (Å²) in [6.07, 6.45) is 2.16. The molecule has 0 saturated heterocycles. The van der Waals surface area contributed by atoms with Crippen LogP contribution in [-0.2, 0) is 6.42 Å². The predicted octanol–water partition coefficient (Wildman–Crippen LogP) is 3.09. The van der Waals surface area contributed by atoms with Crippen LogP contribution in [0.15, 0.2) is 47.1 Å². The molecular weight excluding hydrogens is 297 g/mol. The minimum absolute atomic E-state index is 0.218. The first-order valence-corrected chi connectivity index (χ1v) is 7.26. The average molecular weight is 313 g/mol. The molecule has 118 valence electrons. The van der Waals surface area contributed by atoms with Gasteiger partial charge in [-0.15, -0.1) is 0 Å². The molecule has 0 spiro atoms.